The molecule has 2 aliphatic heterocycles. The summed E-state index contributed by atoms with van der Waals surface area (Å²) in [5.41, 5.74) is 0.530. The number of hydrogen-bond donors (Lipinski definition) is 2. The van der Waals surface area contributed by atoms with E-state index >= 15 is 0 Å². The number of aliphatic carboxylic acids is 1. The first-order chi connectivity index (χ1) is 11.7. The number of nitrogens with zero attached hydrogens (tertiary/aromatic N) is 1. The number of benzene rings is 1. The third-order valence-electron chi connectivity index (χ3n) is 4.20. The number of fused-ring (bicyclic) bond motifs is 1. The quantitative estimate of drug-likeness (QED) is 0.828. The van der Waals surface area contributed by atoms with Crippen molar-refractivity contribution < 1.29 is 32.7 Å². The van der Waals surface area contributed by atoms with Gasteiger partial charge in [0.05, 0.1) is 23.3 Å². The highest BCUT2D eigenvalue weighted by Gasteiger charge is 2.53. The fourth-order valence-corrected chi connectivity index (χ4v) is 3.74. The third-order valence-corrected chi connectivity index (χ3v) is 5.28. The predicted molar refractivity (Wildman–Crippen MR) is 82.4 cm³/mol. The average Bonchev–Trinajstić information content (AvgIpc) is 2.99. The van der Waals surface area contributed by atoms with Crippen LogP contribution in [0.1, 0.15) is 10.4 Å². The number of halogens is 3. The second-order valence-corrected chi connectivity index (χ2v) is 6.87. The van der Waals surface area contributed by atoms with Crippen molar-refractivity contribution in [2.75, 3.05) is 24.2 Å². The van der Waals surface area contributed by atoms with Gasteiger partial charge in [0.25, 0.3) is 5.91 Å². The number of carbonyl (C=O) groups excluding carboxylic acids is 2. The van der Waals surface area contributed by atoms with Crippen LogP contribution in [0.5, 0.6) is 0 Å². The second-order valence-electron chi connectivity index (χ2n) is 5.85. The van der Waals surface area contributed by atoms with E-state index in [1.165, 1.54) is 23.9 Å². The Morgan fingerprint density at radius 2 is 2.00 bits per heavy atom. The van der Waals surface area contributed by atoms with Crippen molar-refractivity contribution in [1.82, 2.24) is 4.90 Å². The minimum atomic E-state index is -4.70. The summed E-state index contributed by atoms with van der Waals surface area (Å²) in [6.07, 6.45) is -4.70. The molecule has 1 aromatic rings. The van der Waals surface area contributed by atoms with Crippen molar-refractivity contribution >= 4 is 35.2 Å². The fraction of sp³-hybridized carbons (Fsp3) is 0.400. The van der Waals surface area contributed by atoms with E-state index in [2.05, 4.69) is 5.32 Å². The minimum absolute atomic E-state index is 0.105. The monoisotopic (exact) mass is 374 g/mol. The summed E-state index contributed by atoms with van der Waals surface area (Å²) >= 11 is 1.29. The number of anilines is 1. The van der Waals surface area contributed by atoms with Gasteiger partial charge in [-0.25, -0.2) is 0 Å². The van der Waals surface area contributed by atoms with Crippen molar-refractivity contribution in [1.29, 1.82) is 0 Å². The molecule has 2 heterocycles. The molecule has 0 aliphatic carbocycles. The maximum absolute atomic E-state index is 13.0. The van der Waals surface area contributed by atoms with E-state index in [1.807, 2.05) is 0 Å². The number of thioether (sulfide) groups is 1. The van der Waals surface area contributed by atoms with Gasteiger partial charge in [-0.2, -0.15) is 13.2 Å². The molecule has 0 saturated carbocycles. The van der Waals surface area contributed by atoms with Crippen LogP contribution in [0, 0.1) is 11.8 Å². The average molecular weight is 374 g/mol. The maximum Gasteiger partial charge on any atom is 0.394 e. The summed E-state index contributed by atoms with van der Waals surface area (Å²) in [7, 11) is 0. The second kappa shape index (κ2) is 6.25. The molecular formula is C15H13F3N2O4S. The minimum Gasteiger partial charge on any atom is -0.481 e. The van der Waals surface area contributed by atoms with Crippen molar-refractivity contribution in [2.45, 2.75) is 11.1 Å². The number of likely N-dealkylation sites (tertiary alicyclic amines) is 1. The molecule has 3 rings (SSSR count). The highest BCUT2D eigenvalue weighted by atomic mass is 32.2. The topological polar surface area (TPSA) is 86.7 Å². The van der Waals surface area contributed by atoms with E-state index in [4.69, 9.17) is 5.11 Å². The Morgan fingerprint density at radius 1 is 1.28 bits per heavy atom. The maximum atomic E-state index is 13.0. The van der Waals surface area contributed by atoms with Crippen LogP contribution in [-0.4, -0.2) is 52.8 Å². The van der Waals surface area contributed by atoms with E-state index in [0.717, 1.165) is 9.80 Å². The lowest BCUT2D eigenvalue weighted by molar-refractivity contribution is -0.187. The van der Waals surface area contributed by atoms with Crippen LogP contribution >= 0.6 is 11.8 Å². The van der Waals surface area contributed by atoms with Gasteiger partial charge in [-0.3, -0.25) is 14.4 Å². The molecule has 2 atom stereocenters. The zero-order valence-electron chi connectivity index (χ0n) is 12.7. The van der Waals surface area contributed by atoms with Crippen LogP contribution in [0.2, 0.25) is 0 Å². The first-order valence-corrected chi connectivity index (χ1v) is 8.31. The molecule has 1 fully saturated rings. The molecule has 0 spiro atoms. The third kappa shape index (κ3) is 3.44. The Hall–Kier alpha value is -2.23. The normalized spacial score (nSPS) is 23.2. The highest BCUT2D eigenvalue weighted by molar-refractivity contribution is 8.00. The number of rotatable bonds is 2. The van der Waals surface area contributed by atoms with Gasteiger partial charge >= 0.3 is 12.1 Å². The molecule has 6 nitrogen and oxygen atoms in total. The van der Waals surface area contributed by atoms with Gasteiger partial charge in [0.15, 0.2) is 0 Å². The highest BCUT2D eigenvalue weighted by Crippen LogP contribution is 2.39. The van der Waals surface area contributed by atoms with E-state index in [9.17, 15) is 27.6 Å². The van der Waals surface area contributed by atoms with Gasteiger partial charge in [0.2, 0.25) is 5.91 Å². The number of amides is 2. The van der Waals surface area contributed by atoms with E-state index < -0.39 is 43.0 Å². The lowest BCUT2D eigenvalue weighted by Crippen LogP contribution is -2.34. The summed E-state index contributed by atoms with van der Waals surface area (Å²) in [5.74, 6) is -6.03. The first-order valence-electron chi connectivity index (χ1n) is 7.32. The summed E-state index contributed by atoms with van der Waals surface area (Å²) in [5, 5.41) is 11.6. The van der Waals surface area contributed by atoms with Crippen molar-refractivity contribution in [2.24, 2.45) is 11.8 Å². The van der Waals surface area contributed by atoms with E-state index in [0.29, 0.717) is 5.69 Å². The molecule has 134 valence electrons. The number of hydrogen-bond acceptors (Lipinski definition) is 4. The lowest BCUT2D eigenvalue weighted by atomic mass is 9.96. The largest absolute Gasteiger partial charge is 0.481 e. The van der Waals surface area contributed by atoms with Gasteiger partial charge in [-0.1, -0.05) is 0 Å². The Labute approximate surface area is 144 Å². The summed E-state index contributed by atoms with van der Waals surface area (Å²) in [6.45, 7) is -1.20. The lowest BCUT2D eigenvalue weighted by Gasteiger charge is -2.20. The van der Waals surface area contributed by atoms with Gasteiger partial charge in [0, 0.05) is 23.5 Å². The van der Waals surface area contributed by atoms with Crippen LogP contribution in [-0.2, 0) is 9.59 Å². The molecule has 2 N–H and O–H groups in total. The number of alkyl halides is 3. The van der Waals surface area contributed by atoms with Crippen molar-refractivity contribution in [3.8, 4) is 0 Å². The number of carbonyl (C=O) groups is 3. The molecular weight excluding hydrogens is 361 g/mol. The Morgan fingerprint density at radius 3 is 2.60 bits per heavy atom. The van der Waals surface area contributed by atoms with Crippen molar-refractivity contribution in [3.63, 3.8) is 0 Å². The molecule has 2 amide bonds. The SMILES string of the molecule is O=C1CSc2ccc(C(=O)N3C[C@@H](C(F)(F)F)[C@H](C(=O)O)C3)cc2N1. The molecule has 25 heavy (non-hydrogen) atoms. The number of nitrogens with one attached hydrogen (secondary N) is 1. The molecule has 0 bridgehead atoms. The molecule has 10 heteroatoms. The Bertz CT molecular complexity index is 753. The van der Waals surface area contributed by atoms with Crippen LogP contribution in [0.25, 0.3) is 0 Å². The van der Waals surface area contributed by atoms with Crippen LogP contribution < -0.4 is 5.32 Å². The van der Waals surface area contributed by atoms with E-state index in [-0.39, 0.29) is 17.2 Å². The number of carboxylic acids is 1. The standard InChI is InChI=1S/C15H13F3N2O4S/c16-15(17,18)9-5-20(4-8(9)14(23)24)13(22)7-1-2-11-10(3-7)19-12(21)6-25-11/h1-3,8-9H,4-6H2,(H,19,21)(H,23,24)/t8-,9-/m1/s1. The number of carboxylic acid groups (broad SMARTS) is 1. The molecule has 1 aromatic carbocycles. The zero-order chi connectivity index (χ0) is 18.4. The first kappa shape index (κ1) is 17.6. The van der Waals surface area contributed by atoms with Gasteiger partial charge in [0.1, 0.15) is 0 Å². The van der Waals surface area contributed by atoms with Crippen molar-refractivity contribution in [3.05, 3.63) is 23.8 Å². The molecule has 1 saturated heterocycles. The van der Waals surface area contributed by atoms with Gasteiger partial charge in [-0.05, 0) is 18.2 Å². The summed E-state index contributed by atoms with van der Waals surface area (Å²) in [6, 6.07) is 4.47. The predicted octanol–water partition coefficient (Wildman–Crippen LogP) is 2.07. The van der Waals surface area contributed by atoms with Crippen LogP contribution in [0.3, 0.4) is 0 Å². The van der Waals surface area contributed by atoms with E-state index in [1.54, 1.807) is 6.07 Å². The molecule has 0 unspecified atom stereocenters. The summed E-state index contributed by atoms with van der Waals surface area (Å²) in [4.78, 5) is 36.7. The molecule has 0 aromatic heterocycles. The summed E-state index contributed by atoms with van der Waals surface area (Å²) < 4.78 is 39.1. The zero-order valence-corrected chi connectivity index (χ0v) is 13.5. The smallest absolute Gasteiger partial charge is 0.394 e. The Balaban J connectivity index is 1.83. The van der Waals surface area contributed by atoms with Gasteiger partial charge in [-0.15, -0.1) is 11.8 Å². The van der Waals surface area contributed by atoms with Crippen LogP contribution in [0.4, 0.5) is 18.9 Å². The van der Waals surface area contributed by atoms with Gasteiger partial charge < -0.3 is 15.3 Å². The molecule has 0 radical (unpaired) electrons. The fourth-order valence-electron chi connectivity index (χ4n) is 2.95. The van der Waals surface area contributed by atoms with Crippen LogP contribution in [0.15, 0.2) is 23.1 Å². The Kier molecular flexibility index (Phi) is 4.40. The molecule has 2 aliphatic rings.